The molecule has 5 aromatic rings. The van der Waals surface area contributed by atoms with Crippen molar-refractivity contribution >= 4 is 41.0 Å². The summed E-state index contributed by atoms with van der Waals surface area (Å²) < 4.78 is 5.32. The molecule has 1 saturated heterocycles. The number of Topliss-reactive ketones (excluding diaryl/α,β-unsaturated/α-hetero) is 1. The number of benzene rings is 4. The Balaban J connectivity index is 0.999. The van der Waals surface area contributed by atoms with E-state index in [1.807, 2.05) is 61.5 Å². The first-order valence-electron chi connectivity index (χ1n) is 15.3. The number of aromatic nitrogens is 1. The van der Waals surface area contributed by atoms with Gasteiger partial charge in [-0.3, -0.25) is 14.4 Å². The molecule has 48 heavy (non-hydrogen) atoms. The number of amides is 2. The summed E-state index contributed by atoms with van der Waals surface area (Å²) in [7, 11) is 0. The molecule has 1 aromatic heterocycles. The molecule has 1 aliphatic carbocycles. The van der Waals surface area contributed by atoms with Crippen molar-refractivity contribution in [2.24, 2.45) is 0 Å². The van der Waals surface area contributed by atoms with Crippen molar-refractivity contribution in [3.8, 4) is 28.5 Å². The lowest BCUT2D eigenvalue weighted by atomic mass is 10.0. The largest absolute Gasteiger partial charge is 0.454 e. The van der Waals surface area contributed by atoms with Crippen molar-refractivity contribution in [3.05, 3.63) is 137 Å². The van der Waals surface area contributed by atoms with Crippen molar-refractivity contribution in [1.29, 1.82) is 5.26 Å². The number of ether oxygens (including phenoxy) is 1. The van der Waals surface area contributed by atoms with E-state index >= 15 is 0 Å². The molecule has 2 heterocycles. The molecular weight excluding hydrogens is 623 g/mol. The quantitative estimate of drug-likeness (QED) is 0.0987. The lowest BCUT2D eigenvalue weighted by Gasteiger charge is -2.16. The number of hydrogen-bond acceptors (Lipinski definition) is 8. The van der Waals surface area contributed by atoms with Crippen LogP contribution in [-0.4, -0.2) is 40.4 Å². The Hall–Kier alpha value is -5.85. The first kappa shape index (κ1) is 30.8. The van der Waals surface area contributed by atoms with Crippen molar-refractivity contribution in [2.45, 2.75) is 30.0 Å². The highest BCUT2D eigenvalue weighted by molar-refractivity contribution is 8.00. The van der Waals surface area contributed by atoms with Crippen LogP contribution in [0.4, 0.5) is 5.69 Å². The van der Waals surface area contributed by atoms with Gasteiger partial charge in [-0.2, -0.15) is 5.26 Å². The lowest BCUT2D eigenvalue weighted by Crippen LogP contribution is -2.31. The number of carbonyl (C=O) groups excluding carboxylic acids is 4. The first-order chi connectivity index (χ1) is 23.3. The molecule has 0 N–H and O–H groups in total. The fraction of sp³-hybridized carbons (Fsp3) is 0.128. The molecular formula is C39H27N3O5S. The van der Waals surface area contributed by atoms with E-state index in [0.717, 1.165) is 45.3 Å². The maximum absolute atomic E-state index is 13.5. The summed E-state index contributed by atoms with van der Waals surface area (Å²) in [6.45, 7) is 1.46. The number of anilines is 1. The minimum atomic E-state index is -0.771. The van der Waals surface area contributed by atoms with Crippen LogP contribution in [0.1, 0.15) is 49.4 Å². The van der Waals surface area contributed by atoms with E-state index in [-0.39, 0.29) is 17.8 Å². The normalized spacial score (nSPS) is 14.8. The fourth-order valence-electron chi connectivity index (χ4n) is 6.12. The minimum absolute atomic E-state index is 0.0642. The standard InChI is InChI=1S/C39H27N3O5S/c1-23-17-29(21-40)37(41-36(23)24-7-3-2-4-8-24)48-34-20-35(44)42(38(34)45)30-14-11-25(12-15-30)39(46)47-22-33(43)27-13-16-32-28(19-27)18-26-9-5-6-10-31(26)32/h2-17,19,34H,18,20,22H2,1H3. The number of nitriles is 1. The van der Waals surface area contributed by atoms with Gasteiger partial charge in [-0.25, -0.2) is 14.7 Å². The van der Waals surface area contributed by atoms with Crippen LogP contribution in [0.15, 0.2) is 108 Å². The first-order valence-corrected chi connectivity index (χ1v) is 16.2. The number of aryl methyl sites for hydroxylation is 1. The summed E-state index contributed by atoms with van der Waals surface area (Å²) in [5.41, 5.74) is 8.26. The zero-order valence-corrected chi connectivity index (χ0v) is 26.6. The van der Waals surface area contributed by atoms with Gasteiger partial charge in [0.2, 0.25) is 11.8 Å². The number of esters is 1. The molecule has 1 atom stereocenters. The molecule has 9 heteroatoms. The van der Waals surface area contributed by atoms with Gasteiger partial charge in [0.15, 0.2) is 12.4 Å². The van der Waals surface area contributed by atoms with Gasteiger partial charge in [-0.1, -0.05) is 78.5 Å². The van der Waals surface area contributed by atoms with E-state index in [2.05, 4.69) is 18.2 Å². The Morgan fingerprint density at radius 1 is 0.896 bits per heavy atom. The fourth-order valence-corrected chi connectivity index (χ4v) is 7.20. The molecule has 0 spiro atoms. The SMILES string of the molecule is Cc1cc(C#N)c(SC2CC(=O)N(c3ccc(C(=O)OCC(=O)c4ccc5c(c4)Cc4ccccc4-5)cc3)C2=O)nc1-c1ccccc1. The van der Waals surface area contributed by atoms with E-state index in [4.69, 9.17) is 9.72 Å². The summed E-state index contributed by atoms with van der Waals surface area (Å²) in [5, 5.41) is 9.38. The lowest BCUT2D eigenvalue weighted by molar-refractivity contribution is -0.121. The van der Waals surface area contributed by atoms with Crippen LogP contribution in [0.3, 0.4) is 0 Å². The van der Waals surface area contributed by atoms with Gasteiger partial charge in [-0.15, -0.1) is 0 Å². The van der Waals surface area contributed by atoms with Crippen molar-refractivity contribution in [3.63, 3.8) is 0 Å². The monoisotopic (exact) mass is 649 g/mol. The summed E-state index contributed by atoms with van der Waals surface area (Å²) in [6, 6.07) is 33.0. The van der Waals surface area contributed by atoms with E-state index in [1.165, 1.54) is 35.4 Å². The highest BCUT2D eigenvalue weighted by Crippen LogP contribution is 2.38. The Labute approximate surface area is 281 Å². The second-order valence-corrected chi connectivity index (χ2v) is 12.8. The third-order valence-corrected chi connectivity index (χ3v) is 9.70. The van der Waals surface area contributed by atoms with Gasteiger partial charge in [0.25, 0.3) is 0 Å². The maximum atomic E-state index is 13.5. The van der Waals surface area contributed by atoms with Gasteiger partial charge >= 0.3 is 5.97 Å². The summed E-state index contributed by atoms with van der Waals surface area (Å²) in [6.07, 6.45) is 0.685. The number of rotatable bonds is 8. The number of pyridine rings is 1. The Kier molecular flexibility index (Phi) is 8.17. The van der Waals surface area contributed by atoms with Gasteiger partial charge in [0.05, 0.1) is 27.8 Å². The molecule has 0 saturated carbocycles. The predicted molar refractivity (Wildman–Crippen MR) is 182 cm³/mol. The van der Waals surface area contributed by atoms with Gasteiger partial charge in [0.1, 0.15) is 11.1 Å². The van der Waals surface area contributed by atoms with Gasteiger partial charge < -0.3 is 4.74 Å². The van der Waals surface area contributed by atoms with Crippen molar-refractivity contribution in [2.75, 3.05) is 11.5 Å². The Bertz CT molecular complexity index is 2170. The third kappa shape index (κ3) is 5.78. The average Bonchev–Trinajstić information content (AvgIpc) is 3.62. The van der Waals surface area contributed by atoms with Crippen LogP contribution in [0.2, 0.25) is 0 Å². The Morgan fingerprint density at radius 2 is 1.60 bits per heavy atom. The molecule has 1 unspecified atom stereocenters. The summed E-state index contributed by atoms with van der Waals surface area (Å²) in [5.74, 6) is -1.84. The molecule has 0 radical (unpaired) electrons. The van der Waals surface area contributed by atoms with Crippen LogP contribution < -0.4 is 4.90 Å². The molecule has 7 rings (SSSR count). The molecule has 0 bridgehead atoms. The highest BCUT2D eigenvalue weighted by Gasteiger charge is 2.41. The number of thioether (sulfide) groups is 1. The van der Waals surface area contributed by atoms with Gasteiger partial charge in [0, 0.05) is 17.5 Å². The molecule has 1 fully saturated rings. The molecule has 8 nitrogen and oxygen atoms in total. The molecule has 2 aliphatic rings. The zero-order valence-electron chi connectivity index (χ0n) is 25.8. The second kappa shape index (κ2) is 12.7. The van der Waals surface area contributed by atoms with Crippen LogP contribution in [0.5, 0.6) is 0 Å². The van der Waals surface area contributed by atoms with E-state index in [9.17, 15) is 24.4 Å². The topological polar surface area (TPSA) is 117 Å². The number of ketones is 1. The van der Waals surface area contributed by atoms with E-state index < -0.39 is 29.6 Å². The minimum Gasteiger partial charge on any atom is -0.454 e. The third-order valence-electron chi connectivity index (χ3n) is 8.52. The van der Waals surface area contributed by atoms with E-state index in [1.54, 1.807) is 12.1 Å². The number of nitrogens with zero attached hydrogens (tertiary/aromatic N) is 3. The number of imide groups is 1. The molecule has 2 amide bonds. The van der Waals surface area contributed by atoms with Crippen LogP contribution >= 0.6 is 11.8 Å². The van der Waals surface area contributed by atoms with Crippen molar-refractivity contribution < 1.29 is 23.9 Å². The average molecular weight is 650 g/mol. The predicted octanol–water partition coefficient (Wildman–Crippen LogP) is 6.96. The van der Waals surface area contributed by atoms with Crippen LogP contribution in [0, 0.1) is 18.3 Å². The highest BCUT2D eigenvalue weighted by atomic mass is 32.2. The van der Waals surface area contributed by atoms with E-state index in [0.29, 0.717) is 27.5 Å². The number of hydrogen-bond donors (Lipinski definition) is 0. The van der Waals surface area contributed by atoms with Gasteiger partial charge in [-0.05, 0) is 77.6 Å². The van der Waals surface area contributed by atoms with Crippen LogP contribution in [-0.2, 0) is 20.7 Å². The molecule has 1 aliphatic heterocycles. The number of carbonyl (C=O) groups is 4. The van der Waals surface area contributed by atoms with Crippen molar-refractivity contribution in [1.82, 2.24) is 4.98 Å². The molecule has 234 valence electrons. The summed E-state index contributed by atoms with van der Waals surface area (Å²) in [4.78, 5) is 58.0. The zero-order chi connectivity index (χ0) is 33.4. The Morgan fingerprint density at radius 3 is 2.38 bits per heavy atom. The maximum Gasteiger partial charge on any atom is 0.338 e. The number of fused-ring (bicyclic) bond motifs is 3. The molecule has 4 aromatic carbocycles. The smallest absolute Gasteiger partial charge is 0.338 e. The van der Waals surface area contributed by atoms with Crippen LogP contribution in [0.25, 0.3) is 22.4 Å². The second-order valence-electron chi connectivity index (χ2n) is 11.6. The summed E-state index contributed by atoms with van der Waals surface area (Å²) >= 11 is 1.10.